The lowest BCUT2D eigenvalue weighted by Gasteiger charge is -2.33. The van der Waals surface area contributed by atoms with Crippen LogP contribution in [0.1, 0.15) is 51.8 Å². The Labute approximate surface area is 147 Å². The van der Waals surface area contributed by atoms with Crippen molar-refractivity contribution in [3.05, 3.63) is 51.5 Å². The van der Waals surface area contributed by atoms with Crippen molar-refractivity contribution in [3.8, 4) is 0 Å². The van der Waals surface area contributed by atoms with Gasteiger partial charge in [0.1, 0.15) is 11.0 Å². The predicted octanol–water partition coefficient (Wildman–Crippen LogP) is 4.01. The molecular weight excluding hydrogens is 320 g/mol. The lowest BCUT2D eigenvalue weighted by Crippen LogP contribution is -2.42. The van der Waals surface area contributed by atoms with Crippen LogP contribution in [0, 0.1) is 6.92 Å². The van der Waals surface area contributed by atoms with Gasteiger partial charge in [-0.25, -0.2) is 4.98 Å². The number of hydrogen-bond acceptors (Lipinski definition) is 4. The van der Waals surface area contributed by atoms with E-state index in [1.54, 1.807) is 0 Å². The second-order valence-corrected chi connectivity index (χ2v) is 7.34. The van der Waals surface area contributed by atoms with E-state index in [9.17, 15) is 4.79 Å². The molecule has 0 bridgehead atoms. The Kier molecular flexibility index (Phi) is 5.63. The quantitative estimate of drug-likeness (QED) is 0.823. The largest absolute Gasteiger partial charge is 0.370 e. The molecule has 1 aromatic carbocycles. The maximum atomic E-state index is 13.0. The summed E-state index contributed by atoms with van der Waals surface area (Å²) in [7, 11) is 0. The van der Waals surface area contributed by atoms with Gasteiger partial charge in [0.2, 0.25) is 0 Å². The number of unbranched alkanes of at least 4 members (excludes halogenated alkanes) is 1. The summed E-state index contributed by atoms with van der Waals surface area (Å²) in [4.78, 5) is 20.3. The van der Waals surface area contributed by atoms with Crippen molar-refractivity contribution in [1.82, 2.24) is 9.88 Å². The topological polar surface area (TPSA) is 42.4 Å². The Bertz CT molecular complexity index is 684. The summed E-state index contributed by atoms with van der Waals surface area (Å²) in [5.74, 6) is 0.107. The van der Waals surface area contributed by atoms with Crippen molar-refractivity contribution in [1.29, 1.82) is 0 Å². The molecule has 1 fully saturated rings. The van der Waals surface area contributed by atoms with Gasteiger partial charge in [-0.3, -0.25) is 4.79 Å². The van der Waals surface area contributed by atoms with Gasteiger partial charge in [0, 0.05) is 6.54 Å². The lowest BCUT2D eigenvalue weighted by molar-refractivity contribution is -0.0227. The molecule has 0 unspecified atom stereocenters. The highest BCUT2D eigenvalue weighted by atomic mass is 32.1. The molecule has 0 radical (unpaired) electrons. The predicted molar refractivity (Wildman–Crippen MR) is 96.5 cm³/mol. The standard InChI is InChI=1S/C19H24N2O2S/c1-3-4-10-16-18(24-14(2)20-16)19(22)21-11-12-23-17(13-21)15-8-6-5-7-9-15/h5-9,17H,3-4,10-13H2,1-2H3/t17-/m1/s1. The van der Waals surface area contributed by atoms with E-state index in [2.05, 4.69) is 24.0 Å². The van der Waals surface area contributed by atoms with Crippen LogP contribution in [0.3, 0.4) is 0 Å². The molecule has 2 aromatic rings. The summed E-state index contributed by atoms with van der Waals surface area (Å²) in [5, 5.41) is 0.970. The fourth-order valence-electron chi connectivity index (χ4n) is 3.00. The molecule has 0 aliphatic carbocycles. The van der Waals surface area contributed by atoms with Gasteiger partial charge in [-0.2, -0.15) is 0 Å². The molecule has 1 amide bonds. The minimum atomic E-state index is -0.0444. The van der Waals surface area contributed by atoms with Crippen molar-refractivity contribution in [2.45, 2.75) is 39.2 Å². The number of morpholine rings is 1. The molecule has 0 N–H and O–H groups in total. The number of rotatable bonds is 5. The molecule has 5 heteroatoms. The molecule has 1 atom stereocenters. The van der Waals surface area contributed by atoms with Gasteiger partial charge in [0.25, 0.3) is 5.91 Å². The Morgan fingerprint density at radius 2 is 2.17 bits per heavy atom. The van der Waals surface area contributed by atoms with Crippen molar-refractivity contribution in [2.75, 3.05) is 19.7 Å². The summed E-state index contributed by atoms with van der Waals surface area (Å²) in [5.41, 5.74) is 2.09. The summed E-state index contributed by atoms with van der Waals surface area (Å²) in [6.07, 6.45) is 3.02. The molecule has 1 aliphatic heterocycles. The second kappa shape index (κ2) is 7.90. The minimum absolute atomic E-state index is 0.0444. The molecular formula is C19H24N2O2S. The third kappa shape index (κ3) is 3.84. The molecule has 0 spiro atoms. The average Bonchev–Trinajstić information content (AvgIpc) is 3.01. The smallest absolute Gasteiger partial charge is 0.266 e. The minimum Gasteiger partial charge on any atom is -0.370 e. The zero-order valence-corrected chi connectivity index (χ0v) is 15.1. The molecule has 1 saturated heterocycles. The monoisotopic (exact) mass is 344 g/mol. The third-order valence-corrected chi connectivity index (χ3v) is 5.29. The SMILES string of the molecule is CCCCc1nc(C)sc1C(=O)N1CCO[C@@H](c2ccccc2)C1. The van der Waals surface area contributed by atoms with E-state index in [1.165, 1.54) is 11.3 Å². The number of benzene rings is 1. The fourth-order valence-corrected chi connectivity index (χ4v) is 3.93. The number of aromatic nitrogens is 1. The number of hydrogen-bond donors (Lipinski definition) is 0. The summed E-state index contributed by atoms with van der Waals surface area (Å²) >= 11 is 1.52. The Morgan fingerprint density at radius 3 is 2.92 bits per heavy atom. The first-order valence-electron chi connectivity index (χ1n) is 8.61. The average molecular weight is 344 g/mol. The zero-order valence-electron chi connectivity index (χ0n) is 14.3. The molecule has 1 aliphatic rings. The molecule has 24 heavy (non-hydrogen) atoms. The molecule has 3 rings (SSSR count). The van der Waals surface area contributed by atoms with Crippen LogP contribution in [-0.4, -0.2) is 35.5 Å². The summed E-state index contributed by atoms with van der Waals surface area (Å²) in [6, 6.07) is 10.1. The first kappa shape index (κ1) is 17.1. The van der Waals surface area contributed by atoms with Gasteiger partial charge in [-0.05, 0) is 25.3 Å². The first-order chi connectivity index (χ1) is 11.7. The van der Waals surface area contributed by atoms with E-state index in [0.717, 1.165) is 40.4 Å². The van der Waals surface area contributed by atoms with Gasteiger partial charge >= 0.3 is 0 Å². The highest BCUT2D eigenvalue weighted by Gasteiger charge is 2.28. The lowest BCUT2D eigenvalue weighted by atomic mass is 10.1. The number of amides is 1. The van der Waals surface area contributed by atoms with E-state index in [-0.39, 0.29) is 12.0 Å². The highest BCUT2D eigenvalue weighted by molar-refractivity contribution is 7.13. The molecule has 1 aromatic heterocycles. The molecule has 0 saturated carbocycles. The second-order valence-electron chi connectivity index (χ2n) is 6.13. The van der Waals surface area contributed by atoms with Crippen LogP contribution in [0.15, 0.2) is 30.3 Å². The van der Waals surface area contributed by atoms with E-state index in [1.807, 2.05) is 30.0 Å². The Morgan fingerprint density at radius 1 is 1.38 bits per heavy atom. The first-order valence-corrected chi connectivity index (χ1v) is 9.42. The van der Waals surface area contributed by atoms with Crippen LogP contribution >= 0.6 is 11.3 Å². The normalized spacial score (nSPS) is 17.9. The number of aryl methyl sites for hydroxylation is 2. The zero-order chi connectivity index (χ0) is 16.9. The molecule has 4 nitrogen and oxygen atoms in total. The Hall–Kier alpha value is -1.72. The van der Waals surface area contributed by atoms with Gasteiger partial charge in [0.05, 0.1) is 23.9 Å². The summed E-state index contributed by atoms with van der Waals surface area (Å²) in [6.45, 7) is 5.96. The maximum Gasteiger partial charge on any atom is 0.266 e. The van der Waals surface area contributed by atoms with E-state index in [0.29, 0.717) is 19.7 Å². The highest BCUT2D eigenvalue weighted by Crippen LogP contribution is 2.26. The van der Waals surface area contributed by atoms with Crippen LogP contribution < -0.4 is 0 Å². The molecule has 2 heterocycles. The van der Waals surface area contributed by atoms with Crippen LogP contribution in [0.25, 0.3) is 0 Å². The number of nitrogens with zero attached hydrogens (tertiary/aromatic N) is 2. The maximum absolute atomic E-state index is 13.0. The van der Waals surface area contributed by atoms with E-state index < -0.39 is 0 Å². The fraction of sp³-hybridized carbons (Fsp3) is 0.474. The number of ether oxygens (including phenoxy) is 1. The van der Waals surface area contributed by atoms with Crippen molar-refractivity contribution < 1.29 is 9.53 Å². The van der Waals surface area contributed by atoms with Gasteiger partial charge in [-0.15, -0.1) is 11.3 Å². The van der Waals surface area contributed by atoms with Crippen molar-refractivity contribution >= 4 is 17.2 Å². The van der Waals surface area contributed by atoms with E-state index in [4.69, 9.17) is 4.74 Å². The number of thiazole rings is 1. The van der Waals surface area contributed by atoms with Crippen molar-refractivity contribution in [3.63, 3.8) is 0 Å². The number of carbonyl (C=O) groups is 1. The third-order valence-electron chi connectivity index (χ3n) is 4.29. The Balaban J connectivity index is 1.75. The van der Waals surface area contributed by atoms with E-state index >= 15 is 0 Å². The van der Waals surface area contributed by atoms with Crippen molar-refractivity contribution in [2.24, 2.45) is 0 Å². The molecule has 128 valence electrons. The van der Waals surface area contributed by atoms with Crippen LogP contribution in [0.4, 0.5) is 0 Å². The van der Waals surface area contributed by atoms with Crippen LogP contribution in [0.5, 0.6) is 0 Å². The van der Waals surface area contributed by atoms with Gasteiger partial charge in [-0.1, -0.05) is 43.7 Å². The van der Waals surface area contributed by atoms with Crippen LogP contribution in [-0.2, 0) is 11.2 Å². The van der Waals surface area contributed by atoms with Crippen LogP contribution in [0.2, 0.25) is 0 Å². The van der Waals surface area contributed by atoms with Gasteiger partial charge < -0.3 is 9.64 Å². The van der Waals surface area contributed by atoms with Gasteiger partial charge in [0.15, 0.2) is 0 Å². The number of carbonyl (C=O) groups excluding carboxylic acids is 1. The summed E-state index contributed by atoms with van der Waals surface area (Å²) < 4.78 is 5.87.